The van der Waals surface area contributed by atoms with E-state index in [0.29, 0.717) is 11.1 Å². The van der Waals surface area contributed by atoms with Gasteiger partial charge in [-0.2, -0.15) is 0 Å². The lowest BCUT2D eigenvalue weighted by molar-refractivity contribution is -0.174. The van der Waals surface area contributed by atoms with E-state index in [1.165, 1.54) is 24.3 Å². The van der Waals surface area contributed by atoms with Gasteiger partial charge in [0.25, 0.3) is 0 Å². The first-order valence-corrected chi connectivity index (χ1v) is 8.75. The third-order valence-electron chi connectivity index (χ3n) is 4.50. The maximum atomic E-state index is 13.4. The fraction of sp³-hybridized carbons (Fsp3) is 0.500. The zero-order valence-electron chi connectivity index (χ0n) is 15.6. The SMILES string of the molecule is C=C1C(C(C)C)OC(c2ccc(F)cc2)C1(C(=O)OCC)C(=O)OCC. The van der Waals surface area contributed by atoms with Crippen LogP contribution in [0.25, 0.3) is 0 Å². The van der Waals surface area contributed by atoms with E-state index in [1.807, 2.05) is 13.8 Å². The van der Waals surface area contributed by atoms with Gasteiger partial charge in [-0.15, -0.1) is 0 Å². The molecule has 26 heavy (non-hydrogen) atoms. The molecule has 0 saturated carbocycles. The molecule has 0 N–H and O–H groups in total. The second-order valence-electron chi connectivity index (χ2n) is 6.51. The number of ether oxygens (including phenoxy) is 3. The molecule has 142 valence electrons. The summed E-state index contributed by atoms with van der Waals surface area (Å²) in [6.45, 7) is 11.3. The van der Waals surface area contributed by atoms with Gasteiger partial charge in [-0.3, -0.25) is 9.59 Å². The van der Waals surface area contributed by atoms with Crippen LogP contribution in [-0.4, -0.2) is 31.3 Å². The van der Waals surface area contributed by atoms with Crippen molar-refractivity contribution in [3.8, 4) is 0 Å². The maximum Gasteiger partial charge on any atom is 0.330 e. The predicted molar refractivity (Wildman–Crippen MR) is 93.7 cm³/mol. The van der Waals surface area contributed by atoms with Gasteiger partial charge >= 0.3 is 11.9 Å². The highest BCUT2D eigenvalue weighted by molar-refractivity contribution is 6.05. The number of esters is 2. The average Bonchev–Trinajstić information content (AvgIpc) is 2.90. The molecule has 0 aliphatic carbocycles. The Kier molecular flexibility index (Phi) is 6.18. The first-order valence-electron chi connectivity index (χ1n) is 8.75. The molecule has 1 fully saturated rings. The maximum absolute atomic E-state index is 13.4. The Balaban J connectivity index is 2.66. The molecule has 1 aliphatic rings. The fourth-order valence-corrected chi connectivity index (χ4v) is 3.30. The zero-order chi connectivity index (χ0) is 19.5. The normalized spacial score (nSPS) is 21.7. The standard InChI is InChI=1S/C20H25FO5/c1-6-24-18(22)20(19(23)25-7-2)13(5)16(12(3)4)26-17(20)14-8-10-15(21)11-9-14/h8-12,16-17H,5-7H2,1-4H3. The Labute approximate surface area is 153 Å². The van der Waals surface area contributed by atoms with E-state index < -0.39 is 35.4 Å². The van der Waals surface area contributed by atoms with E-state index in [4.69, 9.17) is 14.2 Å². The number of benzene rings is 1. The van der Waals surface area contributed by atoms with Gasteiger partial charge in [0.05, 0.1) is 19.3 Å². The van der Waals surface area contributed by atoms with Crippen LogP contribution < -0.4 is 0 Å². The van der Waals surface area contributed by atoms with Crippen molar-refractivity contribution < 1.29 is 28.2 Å². The van der Waals surface area contributed by atoms with Gasteiger partial charge in [0, 0.05) is 0 Å². The van der Waals surface area contributed by atoms with Crippen LogP contribution in [0.5, 0.6) is 0 Å². The lowest BCUT2D eigenvalue weighted by Crippen LogP contribution is -2.46. The Morgan fingerprint density at radius 2 is 1.65 bits per heavy atom. The molecule has 0 amide bonds. The fourth-order valence-electron chi connectivity index (χ4n) is 3.30. The first-order chi connectivity index (χ1) is 12.3. The summed E-state index contributed by atoms with van der Waals surface area (Å²) in [5, 5.41) is 0. The van der Waals surface area contributed by atoms with Gasteiger partial charge in [0.1, 0.15) is 11.9 Å². The summed E-state index contributed by atoms with van der Waals surface area (Å²) in [6.07, 6.45) is -1.54. The van der Waals surface area contributed by atoms with Crippen molar-refractivity contribution in [3.63, 3.8) is 0 Å². The average molecular weight is 364 g/mol. The van der Waals surface area contributed by atoms with Crippen LogP contribution in [0.15, 0.2) is 36.4 Å². The minimum atomic E-state index is -1.82. The molecule has 2 rings (SSSR count). The molecule has 0 radical (unpaired) electrons. The largest absolute Gasteiger partial charge is 0.465 e. The summed E-state index contributed by atoms with van der Waals surface area (Å²) in [6, 6.07) is 5.49. The molecule has 5 nitrogen and oxygen atoms in total. The number of halogens is 1. The van der Waals surface area contributed by atoms with Crippen molar-refractivity contribution in [2.45, 2.75) is 39.9 Å². The molecule has 0 aromatic heterocycles. The van der Waals surface area contributed by atoms with Crippen LogP contribution in [0, 0.1) is 17.2 Å². The summed E-state index contributed by atoms with van der Waals surface area (Å²) < 4.78 is 29.9. The van der Waals surface area contributed by atoms with Gasteiger partial charge in [-0.05, 0) is 43.0 Å². The lowest BCUT2D eigenvalue weighted by Gasteiger charge is -2.30. The van der Waals surface area contributed by atoms with Gasteiger partial charge in [-0.1, -0.05) is 32.6 Å². The van der Waals surface area contributed by atoms with Crippen LogP contribution in [0.4, 0.5) is 4.39 Å². The molecule has 2 unspecified atom stereocenters. The molecule has 1 aromatic rings. The van der Waals surface area contributed by atoms with Gasteiger partial charge < -0.3 is 14.2 Å². The minimum absolute atomic E-state index is 0.0313. The second-order valence-corrected chi connectivity index (χ2v) is 6.51. The smallest absolute Gasteiger partial charge is 0.330 e. The van der Waals surface area contributed by atoms with Crippen molar-refractivity contribution in [2.24, 2.45) is 11.3 Å². The number of hydrogen-bond donors (Lipinski definition) is 0. The number of carbonyl (C=O) groups excluding carboxylic acids is 2. The van der Waals surface area contributed by atoms with E-state index in [-0.39, 0.29) is 19.1 Å². The Morgan fingerprint density at radius 1 is 1.15 bits per heavy atom. The molecule has 6 heteroatoms. The number of hydrogen-bond acceptors (Lipinski definition) is 5. The van der Waals surface area contributed by atoms with Crippen LogP contribution in [-0.2, 0) is 23.8 Å². The highest BCUT2D eigenvalue weighted by Crippen LogP contribution is 2.54. The van der Waals surface area contributed by atoms with E-state index in [1.54, 1.807) is 13.8 Å². The molecular formula is C20H25FO5. The summed E-state index contributed by atoms with van der Waals surface area (Å²) >= 11 is 0. The third-order valence-corrected chi connectivity index (χ3v) is 4.50. The minimum Gasteiger partial charge on any atom is -0.465 e. The summed E-state index contributed by atoms with van der Waals surface area (Å²) in [4.78, 5) is 25.9. The Morgan fingerprint density at radius 3 is 2.08 bits per heavy atom. The predicted octanol–water partition coefficient (Wildman–Crippen LogP) is 3.59. The summed E-state index contributed by atoms with van der Waals surface area (Å²) in [5.41, 5.74) is -1.03. The van der Waals surface area contributed by atoms with E-state index in [0.717, 1.165) is 0 Å². The second kappa shape index (κ2) is 7.99. The van der Waals surface area contributed by atoms with Gasteiger partial charge in [0.2, 0.25) is 5.41 Å². The Hall–Kier alpha value is -2.21. The number of rotatable bonds is 6. The van der Waals surface area contributed by atoms with Crippen LogP contribution in [0.3, 0.4) is 0 Å². The monoisotopic (exact) mass is 364 g/mol. The van der Waals surface area contributed by atoms with Crippen molar-refractivity contribution in [1.82, 2.24) is 0 Å². The molecule has 1 aliphatic heterocycles. The lowest BCUT2D eigenvalue weighted by atomic mass is 9.72. The van der Waals surface area contributed by atoms with Crippen molar-refractivity contribution >= 4 is 11.9 Å². The van der Waals surface area contributed by atoms with E-state index in [2.05, 4.69) is 6.58 Å². The zero-order valence-corrected chi connectivity index (χ0v) is 15.6. The molecule has 1 heterocycles. The molecular weight excluding hydrogens is 339 g/mol. The molecule has 0 spiro atoms. The number of carbonyl (C=O) groups is 2. The highest BCUT2D eigenvalue weighted by Gasteiger charge is 2.65. The molecule has 0 bridgehead atoms. The van der Waals surface area contributed by atoms with Crippen molar-refractivity contribution in [1.29, 1.82) is 0 Å². The third kappa shape index (κ3) is 3.26. The highest BCUT2D eigenvalue weighted by atomic mass is 19.1. The Bertz CT molecular complexity index is 662. The van der Waals surface area contributed by atoms with E-state index in [9.17, 15) is 14.0 Å². The van der Waals surface area contributed by atoms with Crippen molar-refractivity contribution in [2.75, 3.05) is 13.2 Å². The molecule has 1 aromatic carbocycles. The molecule has 1 saturated heterocycles. The van der Waals surface area contributed by atoms with Crippen molar-refractivity contribution in [3.05, 3.63) is 47.8 Å². The first kappa shape index (κ1) is 20.1. The van der Waals surface area contributed by atoms with Gasteiger partial charge in [0.15, 0.2) is 0 Å². The summed E-state index contributed by atoms with van der Waals surface area (Å²) in [7, 11) is 0. The topological polar surface area (TPSA) is 61.8 Å². The van der Waals surface area contributed by atoms with Crippen LogP contribution >= 0.6 is 0 Å². The molecule has 2 atom stereocenters. The van der Waals surface area contributed by atoms with Crippen LogP contribution in [0.2, 0.25) is 0 Å². The van der Waals surface area contributed by atoms with Gasteiger partial charge in [-0.25, -0.2) is 4.39 Å². The van der Waals surface area contributed by atoms with E-state index >= 15 is 0 Å². The summed E-state index contributed by atoms with van der Waals surface area (Å²) in [5.74, 6) is -1.98. The quantitative estimate of drug-likeness (QED) is 0.439. The van der Waals surface area contributed by atoms with Crippen LogP contribution in [0.1, 0.15) is 39.4 Å².